The number of hydrogen-bond acceptors (Lipinski definition) is 2. The highest BCUT2D eigenvalue weighted by molar-refractivity contribution is 14.0. The molecule has 0 saturated carbocycles. The van der Waals surface area contributed by atoms with Crippen LogP contribution >= 0.6 is 24.0 Å². The van der Waals surface area contributed by atoms with E-state index in [9.17, 15) is 8.78 Å². The molecule has 2 aromatic rings. The molecule has 0 aliphatic carbocycles. The summed E-state index contributed by atoms with van der Waals surface area (Å²) in [4.78, 5) is 4.05. The topological polar surface area (TPSA) is 45.7 Å². The summed E-state index contributed by atoms with van der Waals surface area (Å²) in [6.45, 7) is 1.16. The highest BCUT2D eigenvalue weighted by Crippen LogP contribution is 2.11. The van der Waals surface area contributed by atoms with E-state index in [4.69, 9.17) is 4.74 Å². The molecule has 0 fully saturated rings. The number of nitrogens with zero attached hydrogens (tertiary/aromatic N) is 1. The van der Waals surface area contributed by atoms with E-state index in [2.05, 4.69) is 15.6 Å². The van der Waals surface area contributed by atoms with Gasteiger partial charge in [-0.1, -0.05) is 24.3 Å². The average Bonchev–Trinajstić information content (AvgIpc) is 2.55. The molecule has 130 valence electrons. The maximum atomic E-state index is 13.5. The van der Waals surface area contributed by atoms with Gasteiger partial charge in [-0.25, -0.2) is 8.78 Å². The van der Waals surface area contributed by atoms with Crippen molar-refractivity contribution in [2.45, 2.75) is 6.54 Å². The highest BCUT2D eigenvalue weighted by Gasteiger charge is 2.02. The van der Waals surface area contributed by atoms with Crippen LogP contribution in [0.2, 0.25) is 0 Å². The lowest BCUT2D eigenvalue weighted by Gasteiger charge is -2.13. The zero-order chi connectivity index (χ0) is 16.5. The normalized spacial score (nSPS) is 10.7. The lowest BCUT2D eigenvalue weighted by atomic mass is 10.2. The van der Waals surface area contributed by atoms with Crippen molar-refractivity contribution in [3.63, 3.8) is 0 Å². The lowest BCUT2D eigenvalue weighted by molar-refractivity contribution is 0.320. The summed E-state index contributed by atoms with van der Waals surface area (Å²) in [6.07, 6.45) is 0. The number of ether oxygens (including phenoxy) is 1. The molecule has 0 atom stereocenters. The van der Waals surface area contributed by atoms with Crippen LogP contribution in [0.1, 0.15) is 5.56 Å². The molecular formula is C17H20F2IN3O. The van der Waals surface area contributed by atoms with Gasteiger partial charge in [0.15, 0.2) is 5.96 Å². The van der Waals surface area contributed by atoms with Gasteiger partial charge >= 0.3 is 0 Å². The van der Waals surface area contributed by atoms with Gasteiger partial charge in [0.25, 0.3) is 0 Å². The first-order chi connectivity index (χ1) is 11.2. The molecule has 0 radical (unpaired) electrons. The molecule has 2 N–H and O–H groups in total. The van der Waals surface area contributed by atoms with Crippen molar-refractivity contribution in [1.29, 1.82) is 0 Å². The Morgan fingerprint density at radius 1 is 1.08 bits per heavy atom. The standard InChI is InChI=1S/C17H19F2N3O.HI/c1-20-17(22-12-13-5-2-3-8-16(13)19)21-9-10-23-15-7-4-6-14(18)11-15;/h2-8,11H,9-10,12H2,1H3,(H2,20,21,22);1H. The third-order valence-electron chi connectivity index (χ3n) is 3.09. The van der Waals surface area contributed by atoms with Gasteiger partial charge in [0.05, 0.1) is 6.54 Å². The SMILES string of the molecule is CN=C(NCCOc1cccc(F)c1)NCc1ccccc1F.I. The van der Waals surface area contributed by atoms with Crippen molar-refractivity contribution in [3.8, 4) is 5.75 Å². The molecule has 7 heteroatoms. The van der Waals surface area contributed by atoms with Crippen molar-refractivity contribution < 1.29 is 13.5 Å². The predicted octanol–water partition coefficient (Wildman–Crippen LogP) is 3.33. The van der Waals surface area contributed by atoms with Gasteiger partial charge < -0.3 is 15.4 Å². The largest absolute Gasteiger partial charge is 0.492 e. The molecule has 0 heterocycles. The molecule has 24 heavy (non-hydrogen) atoms. The molecule has 0 unspecified atom stereocenters. The fourth-order valence-electron chi connectivity index (χ4n) is 1.94. The molecule has 0 bridgehead atoms. The first-order valence-electron chi connectivity index (χ1n) is 7.25. The summed E-state index contributed by atoms with van der Waals surface area (Å²) in [5.74, 6) is 0.417. The van der Waals surface area contributed by atoms with Crippen molar-refractivity contribution in [1.82, 2.24) is 10.6 Å². The number of aliphatic imine (C=N–C) groups is 1. The van der Waals surface area contributed by atoms with Crippen LogP contribution < -0.4 is 15.4 Å². The number of halogens is 3. The van der Waals surface area contributed by atoms with E-state index in [1.165, 1.54) is 18.2 Å². The van der Waals surface area contributed by atoms with Gasteiger partial charge in [0.1, 0.15) is 24.0 Å². The van der Waals surface area contributed by atoms with E-state index >= 15 is 0 Å². The Balaban J connectivity index is 0.00000288. The van der Waals surface area contributed by atoms with Crippen LogP contribution in [0.25, 0.3) is 0 Å². The Bertz CT molecular complexity index is 668. The minimum atomic E-state index is -0.335. The van der Waals surface area contributed by atoms with E-state index < -0.39 is 0 Å². The van der Waals surface area contributed by atoms with Crippen LogP contribution in [-0.2, 0) is 6.54 Å². The number of hydrogen-bond donors (Lipinski definition) is 2. The molecule has 0 amide bonds. The number of benzene rings is 2. The zero-order valence-electron chi connectivity index (χ0n) is 13.3. The van der Waals surface area contributed by atoms with Crippen LogP contribution in [0.3, 0.4) is 0 Å². The monoisotopic (exact) mass is 447 g/mol. The maximum Gasteiger partial charge on any atom is 0.191 e. The molecular weight excluding hydrogens is 427 g/mol. The summed E-state index contributed by atoms with van der Waals surface area (Å²) in [5, 5.41) is 6.06. The summed E-state index contributed by atoms with van der Waals surface area (Å²) < 4.78 is 31.9. The van der Waals surface area contributed by atoms with Crippen LogP contribution in [-0.4, -0.2) is 26.2 Å². The summed E-state index contributed by atoms with van der Waals surface area (Å²) in [6, 6.07) is 12.5. The fraction of sp³-hybridized carbons (Fsp3) is 0.235. The van der Waals surface area contributed by atoms with Gasteiger partial charge in [0.2, 0.25) is 0 Å². The summed E-state index contributed by atoms with van der Waals surface area (Å²) in [5.41, 5.74) is 0.562. The third-order valence-corrected chi connectivity index (χ3v) is 3.09. The smallest absolute Gasteiger partial charge is 0.191 e. The highest BCUT2D eigenvalue weighted by atomic mass is 127. The van der Waals surface area contributed by atoms with E-state index in [0.717, 1.165) is 0 Å². The molecule has 2 aromatic carbocycles. The van der Waals surface area contributed by atoms with Crippen LogP contribution in [0.5, 0.6) is 5.75 Å². The number of rotatable bonds is 6. The minimum absolute atomic E-state index is 0. The minimum Gasteiger partial charge on any atom is -0.492 e. The second-order valence-electron chi connectivity index (χ2n) is 4.75. The van der Waals surface area contributed by atoms with Crippen LogP contribution in [0, 0.1) is 11.6 Å². The average molecular weight is 447 g/mol. The predicted molar refractivity (Wildman–Crippen MR) is 102 cm³/mol. The Kier molecular flexibility index (Phi) is 9.06. The zero-order valence-corrected chi connectivity index (χ0v) is 15.6. The Morgan fingerprint density at radius 2 is 1.88 bits per heavy atom. The fourth-order valence-corrected chi connectivity index (χ4v) is 1.94. The Morgan fingerprint density at radius 3 is 2.58 bits per heavy atom. The van der Waals surface area contributed by atoms with Crippen molar-refractivity contribution in [2.24, 2.45) is 4.99 Å². The van der Waals surface area contributed by atoms with Crippen LogP contribution in [0.15, 0.2) is 53.5 Å². The first kappa shape index (κ1) is 20.1. The molecule has 2 rings (SSSR count). The maximum absolute atomic E-state index is 13.5. The lowest BCUT2D eigenvalue weighted by Crippen LogP contribution is -2.39. The molecule has 4 nitrogen and oxygen atoms in total. The molecule has 0 aromatic heterocycles. The van der Waals surface area contributed by atoms with Crippen molar-refractivity contribution >= 4 is 29.9 Å². The van der Waals surface area contributed by atoms with E-state index in [1.54, 1.807) is 37.4 Å². The molecule has 0 aliphatic rings. The summed E-state index contributed by atoms with van der Waals surface area (Å²) in [7, 11) is 1.63. The van der Waals surface area contributed by atoms with Gasteiger partial charge in [-0.3, -0.25) is 4.99 Å². The Hall–Kier alpha value is -1.90. The number of nitrogens with one attached hydrogen (secondary N) is 2. The van der Waals surface area contributed by atoms with Gasteiger partial charge in [-0.2, -0.15) is 0 Å². The second-order valence-corrected chi connectivity index (χ2v) is 4.75. The van der Waals surface area contributed by atoms with Crippen molar-refractivity contribution in [2.75, 3.05) is 20.2 Å². The van der Waals surface area contributed by atoms with Gasteiger partial charge in [-0.15, -0.1) is 24.0 Å². The number of guanidine groups is 1. The van der Waals surface area contributed by atoms with Gasteiger partial charge in [0, 0.05) is 25.2 Å². The van der Waals surface area contributed by atoms with Gasteiger partial charge in [-0.05, 0) is 18.2 Å². The third kappa shape index (κ3) is 6.69. The van der Waals surface area contributed by atoms with E-state index in [1.807, 2.05) is 0 Å². The quantitative estimate of drug-likeness (QED) is 0.309. The first-order valence-corrected chi connectivity index (χ1v) is 7.25. The van der Waals surface area contributed by atoms with E-state index in [-0.39, 0.29) is 35.6 Å². The summed E-state index contributed by atoms with van der Waals surface area (Å²) >= 11 is 0. The molecule has 0 saturated heterocycles. The van der Waals surface area contributed by atoms with E-state index in [0.29, 0.717) is 37.0 Å². The molecule has 0 aliphatic heterocycles. The molecule has 0 spiro atoms. The second kappa shape index (κ2) is 10.8. The van der Waals surface area contributed by atoms with Crippen LogP contribution in [0.4, 0.5) is 8.78 Å². The van der Waals surface area contributed by atoms with Crippen molar-refractivity contribution in [3.05, 3.63) is 65.7 Å². The Labute approximate surface area is 157 Å².